The fourth-order valence-corrected chi connectivity index (χ4v) is 6.58. The van der Waals surface area contributed by atoms with Gasteiger partial charge in [0, 0.05) is 59.9 Å². The van der Waals surface area contributed by atoms with Crippen molar-refractivity contribution < 1.29 is 19.1 Å². The summed E-state index contributed by atoms with van der Waals surface area (Å²) in [6.45, 7) is 13.8. The Bertz CT molecular complexity index is 1360. The summed E-state index contributed by atoms with van der Waals surface area (Å²) >= 11 is 1.81. The predicted molar refractivity (Wildman–Crippen MR) is 167 cm³/mol. The average Bonchev–Trinajstić information content (AvgIpc) is 3.45. The first-order valence-electron chi connectivity index (χ1n) is 14.9. The Labute approximate surface area is 248 Å². The first-order chi connectivity index (χ1) is 19.8. The second-order valence-corrected chi connectivity index (χ2v) is 12.9. The molecule has 41 heavy (non-hydrogen) atoms. The van der Waals surface area contributed by atoms with Crippen molar-refractivity contribution in [2.75, 3.05) is 55.9 Å². The maximum absolute atomic E-state index is 13.0. The van der Waals surface area contributed by atoms with E-state index in [0.29, 0.717) is 19.4 Å². The number of thiophene rings is 1. The molecule has 1 atom stereocenters. The highest BCUT2D eigenvalue weighted by molar-refractivity contribution is 7.17. The van der Waals surface area contributed by atoms with Crippen LogP contribution >= 0.6 is 11.3 Å². The summed E-state index contributed by atoms with van der Waals surface area (Å²) in [5.41, 5.74) is 2.91. The minimum absolute atomic E-state index is 0.0382. The first kappa shape index (κ1) is 29.4. The van der Waals surface area contributed by atoms with Crippen molar-refractivity contribution in [3.05, 3.63) is 53.4 Å². The van der Waals surface area contributed by atoms with E-state index in [1.807, 2.05) is 37.3 Å². The van der Waals surface area contributed by atoms with Gasteiger partial charge in [0.2, 0.25) is 5.91 Å². The minimum Gasteiger partial charge on any atom is -0.494 e. The summed E-state index contributed by atoms with van der Waals surface area (Å²) in [5.74, 6) is 0.234. The van der Waals surface area contributed by atoms with Gasteiger partial charge in [0.25, 0.3) is 0 Å². The van der Waals surface area contributed by atoms with Gasteiger partial charge in [-0.25, -0.2) is 0 Å². The molecule has 0 radical (unpaired) electrons. The van der Waals surface area contributed by atoms with Gasteiger partial charge in [0.15, 0.2) is 6.73 Å². The maximum Gasteiger partial charge on any atom is 0.310 e. The number of nitrogens with zero attached hydrogens (tertiary/aromatic N) is 3. The van der Waals surface area contributed by atoms with E-state index in [0.717, 1.165) is 62.6 Å². The van der Waals surface area contributed by atoms with Crippen LogP contribution in [0.3, 0.4) is 0 Å². The predicted octanol–water partition coefficient (Wildman–Crippen LogP) is 6.44. The van der Waals surface area contributed by atoms with E-state index in [-0.39, 0.29) is 29.9 Å². The normalized spacial score (nSPS) is 17.9. The molecule has 1 amide bonds. The van der Waals surface area contributed by atoms with Crippen LogP contribution in [0.25, 0.3) is 10.1 Å². The van der Waals surface area contributed by atoms with Crippen LogP contribution in [-0.2, 0) is 19.7 Å². The van der Waals surface area contributed by atoms with Gasteiger partial charge in [0.05, 0.1) is 18.2 Å². The zero-order valence-electron chi connectivity index (χ0n) is 24.9. The van der Waals surface area contributed by atoms with Crippen LogP contribution in [0.1, 0.15) is 58.9 Å². The molecule has 0 saturated carbocycles. The van der Waals surface area contributed by atoms with Crippen LogP contribution in [0, 0.1) is 5.92 Å². The monoisotopic (exact) mass is 577 g/mol. The standard InChI is InChI=1S/C33H43N3O4S/c1-5-24(2)32(38)40-23-36-29-21-25(11-12-27(29)33(3,4)22-31(36)37)39-19-7-6-14-34-15-17-35(18-16-34)28-9-8-10-30-26(28)13-20-41-30/h8-13,20-21,24H,5-7,14-19,22-23H2,1-4H3. The third-order valence-corrected chi connectivity index (χ3v) is 9.44. The van der Waals surface area contributed by atoms with Crippen molar-refractivity contribution in [1.29, 1.82) is 0 Å². The summed E-state index contributed by atoms with van der Waals surface area (Å²) in [6.07, 6.45) is 3.12. The number of fused-ring (bicyclic) bond motifs is 2. The van der Waals surface area contributed by atoms with E-state index in [9.17, 15) is 9.59 Å². The van der Waals surface area contributed by atoms with Crippen LogP contribution in [0.2, 0.25) is 0 Å². The number of carbonyl (C=O) groups is 2. The summed E-state index contributed by atoms with van der Waals surface area (Å²) in [4.78, 5) is 32.0. The SMILES string of the molecule is CCC(C)C(=O)OCN1C(=O)CC(C)(C)c2ccc(OCCCCN3CCN(c4cccc5sccc45)CC3)cc21. The minimum atomic E-state index is -0.289. The topological polar surface area (TPSA) is 62.3 Å². The summed E-state index contributed by atoms with van der Waals surface area (Å²) < 4.78 is 13.0. The molecule has 7 nitrogen and oxygen atoms in total. The lowest BCUT2D eigenvalue weighted by atomic mass is 9.77. The maximum atomic E-state index is 13.0. The largest absolute Gasteiger partial charge is 0.494 e. The van der Waals surface area contributed by atoms with Crippen LogP contribution in [-0.4, -0.2) is 62.8 Å². The number of hydrogen-bond acceptors (Lipinski definition) is 7. The smallest absolute Gasteiger partial charge is 0.310 e. The Kier molecular flexibility index (Phi) is 9.19. The average molecular weight is 578 g/mol. The van der Waals surface area contributed by atoms with E-state index in [1.165, 1.54) is 15.8 Å². The van der Waals surface area contributed by atoms with Crippen LogP contribution < -0.4 is 14.5 Å². The molecule has 5 rings (SSSR count). The van der Waals surface area contributed by atoms with Crippen molar-refractivity contribution in [2.24, 2.45) is 5.92 Å². The summed E-state index contributed by atoms with van der Waals surface area (Å²) in [7, 11) is 0. The molecule has 2 aliphatic heterocycles. The number of rotatable bonds is 11. The highest BCUT2D eigenvalue weighted by Gasteiger charge is 2.37. The Balaban J connectivity index is 1.10. The molecule has 0 spiro atoms. The lowest BCUT2D eigenvalue weighted by molar-refractivity contribution is -0.148. The van der Waals surface area contributed by atoms with Gasteiger partial charge < -0.3 is 14.4 Å². The number of unbranched alkanes of at least 4 members (excludes halogenated alkanes) is 1. The number of piperazine rings is 1. The van der Waals surface area contributed by atoms with Gasteiger partial charge in [0.1, 0.15) is 5.75 Å². The molecule has 3 aromatic rings. The van der Waals surface area contributed by atoms with E-state index in [1.54, 1.807) is 4.90 Å². The zero-order chi connectivity index (χ0) is 29.0. The highest BCUT2D eigenvalue weighted by Crippen LogP contribution is 2.42. The molecule has 0 bridgehead atoms. The van der Waals surface area contributed by atoms with Crippen molar-refractivity contribution in [2.45, 2.75) is 58.8 Å². The molecule has 2 aromatic carbocycles. The van der Waals surface area contributed by atoms with Crippen molar-refractivity contribution in [3.63, 3.8) is 0 Å². The second kappa shape index (κ2) is 12.8. The molecule has 1 aromatic heterocycles. The van der Waals surface area contributed by atoms with E-state index in [2.05, 4.69) is 59.4 Å². The number of benzene rings is 2. The molecule has 1 fully saturated rings. The van der Waals surface area contributed by atoms with Gasteiger partial charge >= 0.3 is 5.97 Å². The number of anilines is 2. The van der Waals surface area contributed by atoms with Crippen LogP contribution in [0.5, 0.6) is 5.75 Å². The van der Waals surface area contributed by atoms with Crippen LogP contribution in [0.4, 0.5) is 11.4 Å². The molecule has 0 aliphatic carbocycles. The fraction of sp³-hybridized carbons (Fsp3) is 0.515. The Morgan fingerprint density at radius 1 is 1.05 bits per heavy atom. The van der Waals surface area contributed by atoms with Gasteiger partial charge in [-0.1, -0.05) is 39.8 Å². The Morgan fingerprint density at radius 3 is 2.63 bits per heavy atom. The lowest BCUT2D eigenvalue weighted by Crippen LogP contribution is -2.46. The third-order valence-electron chi connectivity index (χ3n) is 8.56. The third kappa shape index (κ3) is 6.70. The van der Waals surface area contributed by atoms with Gasteiger partial charge in [-0.3, -0.25) is 19.4 Å². The van der Waals surface area contributed by atoms with Gasteiger partial charge in [-0.15, -0.1) is 11.3 Å². The molecule has 1 saturated heterocycles. The van der Waals surface area contributed by atoms with E-state index >= 15 is 0 Å². The molecule has 0 N–H and O–H groups in total. The fourth-order valence-electron chi connectivity index (χ4n) is 5.77. The van der Waals surface area contributed by atoms with Gasteiger partial charge in [-0.2, -0.15) is 0 Å². The first-order valence-corrected chi connectivity index (χ1v) is 15.8. The molecule has 2 aliphatic rings. The number of ether oxygens (including phenoxy) is 2. The van der Waals surface area contributed by atoms with E-state index in [4.69, 9.17) is 9.47 Å². The number of esters is 1. The molecule has 3 heterocycles. The van der Waals surface area contributed by atoms with Crippen molar-refractivity contribution >= 4 is 44.7 Å². The molecular formula is C33H43N3O4S. The Hall–Kier alpha value is -3.10. The van der Waals surface area contributed by atoms with Crippen LogP contribution in [0.15, 0.2) is 47.8 Å². The van der Waals surface area contributed by atoms with E-state index < -0.39 is 0 Å². The molecule has 8 heteroatoms. The van der Waals surface area contributed by atoms with Gasteiger partial charge in [-0.05, 0) is 61.0 Å². The molecule has 220 valence electrons. The van der Waals surface area contributed by atoms with Crippen molar-refractivity contribution in [3.8, 4) is 5.75 Å². The number of hydrogen-bond donors (Lipinski definition) is 0. The number of carbonyl (C=O) groups excluding carboxylic acids is 2. The Morgan fingerprint density at radius 2 is 1.85 bits per heavy atom. The quantitative estimate of drug-likeness (QED) is 0.193. The second-order valence-electron chi connectivity index (χ2n) is 12.0. The molecular weight excluding hydrogens is 534 g/mol. The highest BCUT2D eigenvalue weighted by atomic mass is 32.1. The lowest BCUT2D eigenvalue weighted by Gasteiger charge is -2.38. The zero-order valence-corrected chi connectivity index (χ0v) is 25.7. The summed E-state index contributed by atoms with van der Waals surface area (Å²) in [6, 6.07) is 14.8. The summed E-state index contributed by atoms with van der Waals surface area (Å²) in [5, 5.41) is 3.55. The molecule has 1 unspecified atom stereocenters. The van der Waals surface area contributed by atoms with Crippen molar-refractivity contribution in [1.82, 2.24) is 4.90 Å². The number of amides is 1.